The van der Waals surface area contributed by atoms with Gasteiger partial charge < -0.3 is 14.8 Å². The number of benzene rings is 1. The van der Waals surface area contributed by atoms with Crippen molar-refractivity contribution in [1.82, 2.24) is 4.90 Å². The van der Waals surface area contributed by atoms with E-state index in [4.69, 9.17) is 4.74 Å². The topological polar surface area (TPSA) is 62.1 Å². The van der Waals surface area contributed by atoms with Crippen LogP contribution < -0.4 is 4.74 Å². The fourth-order valence-electron chi connectivity index (χ4n) is 3.42. The van der Waals surface area contributed by atoms with Crippen molar-refractivity contribution in [1.29, 1.82) is 0 Å². The second kappa shape index (κ2) is 5.99. The van der Waals surface area contributed by atoms with Crippen molar-refractivity contribution in [3.05, 3.63) is 29.8 Å². The van der Waals surface area contributed by atoms with Gasteiger partial charge in [0.2, 0.25) is 5.91 Å². The first-order chi connectivity index (χ1) is 10.7. The summed E-state index contributed by atoms with van der Waals surface area (Å²) in [7, 11) is 0. The molecule has 5 nitrogen and oxygen atoms in total. The molecule has 0 aliphatic carbocycles. The Morgan fingerprint density at radius 3 is 2.95 bits per heavy atom. The molecule has 1 amide bonds. The molecule has 3 rings (SSSR count). The fraction of sp³-hybridized carbons (Fsp3) is 0.529. The molecule has 1 fully saturated rings. The zero-order valence-electron chi connectivity index (χ0n) is 12.9. The highest BCUT2D eigenvalue weighted by atomic mass is 16.5. The SMILES string of the molecule is CCCN1CCC2(CCC1=O)C/C(=N\O)c1ccccc1O2. The second-order valence-electron chi connectivity index (χ2n) is 6.14. The number of nitrogens with zero attached hydrogens (tertiary/aromatic N) is 2. The van der Waals surface area contributed by atoms with E-state index < -0.39 is 5.60 Å². The first kappa shape index (κ1) is 14.9. The molecule has 2 aliphatic heterocycles. The normalized spacial score (nSPS) is 26.7. The largest absolute Gasteiger partial charge is 0.486 e. The summed E-state index contributed by atoms with van der Waals surface area (Å²) in [5, 5.41) is 12.8. The molecule has 0 bridgehead atoms. The van der Waals surface area contributed by atoms with E-state index in [1.165, 1.54) is 0 Å². The van der Waals surface area contributed by atoms with Crippen LogP contribution in [0, 0.1) is 0 Å². The molecule has 0 radical (unpaired) electrons. The molecule has 0 saturated carbocycles. The summed E-state index contributed by atoms with van der Waals surface area (Å²) in [5.41, 5.74) is 1.06. The van der Waals surface area contributed by atoms with Gasteiger partial charge >= 0.3 is 0 Å². The van der Waals surface area contributed by atoms with Gasteiger partial charge in [-0.15, -0.1) is 0 Å². The average Bonchev–Trinajstić information content (AvgIpc) is 2.69. The Morgan fingerprint density at radius 2 is 2.18 bits per heavy atom. The van der Waals surface area contributed by atoms with Crippen LogP contribution in [0.15, 0.2) is 29.4 Å². The van der Waals surface area contributed by atoms with Gasteiger partial charge in [0.05, 0.1) is 5.71 Å². The lowest BCUT2D eigenvalue weighted by atomic mass is 9.84. The first-order valence-corrected chi connectivity index (χ1v) is 7.94. The molecule has 2 aliphatic rings. The number of para-hydroxylation sites is 1. The van der Waals surface area contributed by atoms with Crippen LogP contribution in [-0.4, -0.2) is 40.4 Å². The smallest absolute Gasteiger partial charge is 0.222 e. The van der Waals surface area contributed by atoms with Crippen LogP contribution in [0.1, 0.15) is 44.6 Å². The molecular formula is C17H22N2O3. The van der Waals surface area contributed by atoms with E-state index in [2.05, 4.69) is 12.1 Å². The predicted molar refractivity (Wildman–Crippen MR) is 83.5 cm³/mol. The van der Waals surface area contributed by atoms with Gasteiger partial charge in [-0.3, -0.25) is 4.79 Å². The molecule has 1 unspecified atom stereocenters. The molecule has 1 aromatic rings. The first-order valence-electron chi connectivity index (χ1n) is 7.94. The van der Waals surface area contributed by atoms with E-state index >= 15 is 0 Å². The highest BCUT2D eigenvalue weighted by molar-refractivity contribution is 6.04. The molecular weight excluding hydrogens is 280 g/mol. The Bertz CT molecular complexity index is 599. The maximum atomic E-state index is 12.2. The van der Waals surface area contributed by atoms with Crippen molar-refractivity contribution in [2.45, 2.75) is 44.6 Å². The minimum atomic E-state index is -0.436. The highest BCUT2D eigenvalue weighted by Crippen LogP contribution is 2.39. The summed E-state index contributed by atoms with van der Waals surface area (Å²) >= 11 is 0. The van der Waals surface area contributed by atoms with Crippen LogP contribution in [0.2, 0.25) is 0 Å². The average molecular weight is 302 g/mol. The lowest BCUT2D eigenvalue weighted by Crippen LogP contribution is -2.43. The van der Waals surface area contributed by atoms with Gasteiger partial charge in [0.25, 0.3) is 0 Å². The summed E-state index contributed by atoms with van der Waals surface area (Å²) in [4.78, 5) is 14.1. The molecule has 5 heteroatoms. The molecule has 1 saturated heterocycles. The van der Waals surface area contributed by atoms with Gasteiger partial charge in [0.1, 0.15) is 11.4 Å². The number of hydrogen-bond donors (Lipinski definition) is 1. The predicted octanol–water partition coefficient (Wildman–Crippen LogP) is 2.81. The number of amides is 1. The Balaban J connectivity index is 1.87. The number of oxime groups is 1. The van der Waals surface area contributed by atoms with Crippen molar-refractivity contribution in [2.75, 3.05) is 13.1 Å². The summed E-state index contributed by atoms with van der Waals surface area (Å²) in [6, 6.07) is 7.63. The number of hydrogen-bond acceptors (Lipinski definition) is 4. The number of carbonyl (C=O) groups is 1. The van der Waals surface area contributed by atoms with Crippen LogP contribution in [0.25, 0.3) is 0 Å². The monoisotopic (exact) mass is 302 g/mol. The summed E-state index contributed by atoms with van der Waals surface area (Å²) < 4.78 is 6.28. The van der Waals surface area contributed by atoms with Gasteiger partial charge in [-0.2, -0.15) is 0 Å². The van der Waals surface area contributed by atoms with Crippen LogP contribution in [-0.2, 0) is 4.79 Å². The van der Waals surface area contributed by atoms with E-state index in [0.717, 1.165) is 30.7 Å². The zero-order chi connectivity index (χ0) is 15.6. The summed E-state index contributed by atoms with van der Waals surface area (Å²) in [5.74, 6) is 0.946. The third-order valence-corrected chi connectivity index (χ3v) is 4.61. The van der Waals surface area contributed by atoms with E-state index in [1.54, 1.807) is 0 Å². The van der Waals surface area contributed by atoms with Crippen LogP contribution in [0.4, 0.5) is 0 Å². The van der Waals surface area contributed by atoms with Crippen molar-refractivity contribution >= 4 is 11.6 Å². The van der Waals surface area contributed by atoms with Gasteiger partial charge in [-0.25, -0.2) is 0 Å². The number of likely N-dealkylation sites (tertiary alicyclic amines) is 1. The van der Waals surface area contributed by atoms with Gasteiger partial charge in [-0.05, 0) is 25.0 Å². The zero-order valence-corrected chi connectivity index (χ0v) is 12.9. The third-order valence-electron chi connectivity index (χ3n) is 4.61. The molecule has 1 N–H and O–H groups in total. The van der Waals surface area contributed by atoms with Crippen LogP contribution in [0.5, 0.6) is 5.75 Å². The Labute approximate surface area is 130 Å². The van der Waals surface area contributed by atoms with Crippen LogP contribution in [0.3, 0.4) is 0 Å². The Morgan fingerprint density at radius 1 is 1.36 bits per heavy atom. The van der Waals surface area contributed by atoms with Crippen molar-refractivity contribution in [3.8, 4) is 5.75 Å². The number of carbonyl (C=O) groups excluding carboxylic acids is 1. The van der Waals surface area contributed by atoms with Gasteiger partial charge in [0, 0.05) is 37.9 Å². The lowest BCUT2D eigenvalue weighted by molar-refractivity contribution is -0.130. The second-order valence-corrected chi connectivity index (χ2v) is 6.14. The molecule has 118 valence electrons. The number of ether oxygens (including phenoxy) is 1. The van der Waals surface area contributed by atoms with Crippen molar-refractivity contribution in [2.24, 2.45) is 5.16 Å². The number of fused-ring (bicyclic) bond motifs is 1. The molecule has 1 spiro atoms. The number of rotatable bonds is 2. The minimum Gasteiger partial charge on any atom is -0.486 e. The van der Waals surface area contributed by atoms with E-state index in [0.29, 0.717) is 31.5 Å². The van der Waals surface area contributed by atoms with Crippen LogP contribution >= 0.6 is 0 Å². The summed E-state index contributed by atoms with van der Waals surface area (Å²) in [6.45, 7) is 3.58. The fourth-order valence-corrected chi connectivity index (χ4v) is 3.42. The van der Waals surface area contributed by atoms with Gasteiger partial charge in [-0.1, -0.05) is 24.2 Å². The van der Waals surface area contributed by atoms with E-state index in [1.807, 2.05) is 29.2 Å². The molecule has 1 aromatic carbocycles. The highest BCUT2D eigenvalue weighted by Gasteiger charge is 2.42. The van der Waals surface area contributed by atoms with Gasteiger partial charge in [0.15, 0.2) is 0 Å². The van der Waals surface area contributed by atoms with Crippen molar-refractivity contribution in [3.63, 3.8) is 0 Å². The molecule has 0 aromatic heterocycles. The maximum absolute atomic E-state index is 12.2. The Kier molecular flexibility index (Phi) is 4.05. The quantitative estimate of drug-likeness (QED) is 0.675. The molecule has 1 atom stereocenters. The lowest BCUT2D eigenvalue weighted by Gasteiger charge is -2.38. The third kappa shape index (κ3) is 2.67. The van der Waals surface area contributed by atoms with E-state index in [-0.39, 0.29) is 5.91 Å². The molecule has 2 heterocycles. The Hall–Kier alpha value is -2.04. The van der Waals surface area contributed by atoms with E-state index in [9.17, 15) is 10.0 Å². The molecule has 22 heavy (non-hydrogen) atoms. The summed E-state index contributed by atoms with van der Waals surface area (Å²) in [6.07, 6.45) is 3.44. The minimum absolute atomic E-state index is 0.198. The standard InChI is InChI=1S/C17H22N2O3/c1-2-10-19-11-9-17(8-7-16(19)20)12-14(18-21)13-5-3-4-6-15(13)22-17/h3-6,21H,2,7-12H2,1H3/b18-14+. The maximum Gasteiger partial charge on any atom is 0.222 e. The van der Waals surface area contributed by atoms with Crippen molar-refractivity contribution < 1.29 is 14.7 Å².